The van der Waals surface area contributed by atoms with Gasteiger partial charge >= 0.3 is 5.97 Å². The zero-order valence-corrected chi connectivity index (χ0v) is 10.6. The van der Waals surface area contributed by atoms with E-state index in [4.69, 9.17) is 5.11 Å². The van der Waals surface area contributed by atoms with E-state index in [1.165, 1.54) is 6.07 Å². The van der Waals surface area contributed by atoms with Gasteiger partial charge in [-0.05, 0) is 38.0 Å². The molecule has 4 nitrogen and oxygen atoms in total. The number of hydrogen-bond donors (Lipinski definition) is 1. The van der Waals surface area contributed by atoms with E-state index < -0.39 is 5.97 Å². The van der Waals surface area contributed by atoms with Crippen LogP contribution in [-0.2, 0) is 0 Å². The number of nitrogens with zero attached hydrogens (tertiary/aromatic N) is 2. The van der Waals surface area contributed by atoms with Gasteiger partial charge < -0.3 is 5.11 Å². The Labute approximate surface area is 105 Å². The molecule has 0 saturated carbocycles. The second kappa shape index (κ2) is 4.56. The molecule has 0 atom stereocenters. The maximum atomic E-state index is 11.0. The maximum Gasteiger partial charge on any atom is 0.354 e. The summed E-state index contributed by atoms with van der Waals surface area (Å²) in [5.74, 6) is -0.569. The van der Waals surface area contributed by atoms with Crippen molar-refractivity contribution in [3.05, 3.63) is 46.8 Å². The van der Waals surface area contributed by atoms with Crippen LogP contribution in [0.2, 0.25) is 0 Å². The van der Waals surface area contributed by atoms with Gasteiger partial charge in [-0.1, -0.05) is 18.2 Å². The Bertz CT molecular complexity index is 621. The lowest BCUT2D eigenvalue weighted by molar-refractivity contribution is 0.0690. The zero-order chi connectivity index (χ0) is 13.3. The molecule has 1 heterocycles. The highest BCUT2D eigenvalue weighted by Gasteiger charge is 2.12. The first-order valence-corrected chi connectivity index (χ1v) is 5.64. The largest absolute Gasteiger partial charge is 0.477 e. The van der Waals surface area contributed by atoms with E-state index in [0.29, 0.717) is 11.5 Å². The molecule has 0 aliphatic heterocycles. The van der Waals surface area contributed by atoms with Gasteiger partial charge in [0.05, 0.1) is 0 Å². The highest BCUT2D eigenvalue weighted by atomic mass is 16.4. The number of rotatable bonds is 2. The van der Waals surface area contributed by atoms with Gasteiger partial charge in [-0.2, -0.15) is 0 Å². The Balaban J connectivity index is 2.64. The second-order valence-electron chi connectivity index (χ2n) is 4.27. The summed E-state index contributed by atoms with van der Waals surface area (Å²) in [6.45, 7) is 5.76. The van der Waals surface area contributed by atoms with Gasteiger partial charge in [0.1, 0.15) is 0 Å². The van der Waals surface area contributed by atoms with E-state index >= 15 is 0 Å². The van der Waals surface area contributed by atoms with E-state index in [1.807, 2.05) is 32.0 Å². The van der Waals surface area contributed by atoms with Crippen molar-refractivity contribution in [3.8, 4) is 11.4 Å². The summed E-state index contributed by atoms with van der Waals surface area (Å²) in [7, 11) is 0. The summed E-state index contributed by atoms with van der Waals surface area (Å²) in [6.07, 6.45) is 0. The van der Waals surface area contributed by atoms with Crippen LogP contribution >= 0.6 is 0 Å². The number of carboxylic acid groups (broad SMARTS) is 1. The second-order valence-corrected chi connectivity index (χ2v) is 4.27. The lowest BCUT2D eigenvalue weighted by Gasteiger charge is -2.08. The Morgan fingerprint density at radius 2 is 1.89 bits per heavy atom. The Morgan fingerprint density at radius 3 is 2.56 bits per heavy atom. The number of carbonyl (C=O) groups is 1. The summed E-state index contributed by atoms with van der Waals surface area (Å²) in [5, 5.41) is 9.01. The molecule has 0 radical (unpaired) electrons. The van der Waals surface area contributed by atoms with Crippen LogP contribution in [0, 0.1) is 20.8 Å². The highest BCUT2D eigenvalue weighted by Crippen LogP contribution is 2.22. The van der Waals surface area contributed by atoms with Crippen LogP contribution in [0.4, 0.5) is 0 Å². The fourth-order valence-corrected chi connectivity index (χ4v) is 1.79. The fraction of sp³-hybridized carbons (Fsp3) is 0.214. The topological polar surface area (TPSA) is 63.1 Å². The van der Waals surface area contributed by atoms with Crippen molar-refractivity contribution in [1.29, 1.82) is 0 Å². The van der Waals surface area contributed by atoms with Gasteiger partial charge in [0.15, 0.2) is 11.5 Å². The summed E-state index contributed by atoms with van der Waals surface area (Å²) in [6, 6.07) is 7.30. The molecule has 1 N–H and O–H groups in total. The van der Waals surface area contributed by atoms with E-state index in [2.05, 4.69) is 9.97 Å². The predicted molar refractivity (Wildman–Crippen MR) is 68.6 cm³/mol. The van der Waals surface area contributed by atoms with Gasteiger partial charge in [0, 0.05) is 11.3 Å². The maximum absolute atomic E-state index is 11.0. The fourth-order valence-electron chi connectivity index (χ4n) is 1.79. The molecule has 0 spiro atoms. The monoisotopic (exact) mass is 242 g/mol. The first-order valence-electron chi connectivity index (χ1n) is 5.64. The van der Waals surface area contributed by atoms with E-state index in [1.54, 1.807) is 6.92 Å². The van der Waals surface area contributed by atoms with Gasteiger partial charge in [0.25, 0.3) is 0 Å². The molecule has 4 heteroatoms. The van der Waals surface area contributed by atoms with Gasteiger partial charge in [-0.3, -0.25) is 0 Å². The van der Waals surface area contributed by atoms with E-state index in [9.17, 15) is 4.79 Å². The van der Waals surface area contributed by atoms with Crippen molar-refractivity contribution in [1.82, 2.24) is 9.97 Å². The molecule has 92 valence electrons. The summed E-state index contributed by atoms with van der Waals surface area (Å²) in [5.41, 5.74) is 3.76. The molecule has 0 amide bonds. The van der Waals surface area contributed by atoms with Crippen LogP contribution in [0.5, 0.6) is 0 Å². The molecule has 18 heavy (non-hydrogen) atoms. The minimum atomic E-state index is -1.04. The van der Waals surface area contributed by atoms with Gasteiger partial charge in [0.2, 0.25) is 0 Å². The van der Waals surface area contributed by atoms with Crippen LogP contribution < -0.4 is 0 Å². The Hall–Kier alpha value is -2.23. The molecular formula is C14H14N2O2. The van der Waals surface area contributed by atoms with Crippen molar-refractivity contribution in [3.63, 3.8) is 0 Å². The molecule has 2 rings (SSSR count). The SMILES string of the molecule is Cc1cc(C(=O)O)nc(-c2cccc(C)c2C)n1. The lowest BCUT2D eigenvalue weighted by Crippen LogP contribution is -2.05. The lowest BCUT2D eigenvalue weighted by atomic mass is 10.0. The number of benzene rings is 1. The average molecular weight is 242 g/mol. The summed E-state index contributed by atoms with van der Waals surface area (Å²) in [4.78, 5) is 19.4. The molecule has 1 aromatic carbocycles. The number of hydrogen-bond acceptors (Lipinski definition) is 3. The van der Waals surface area contributed by atoms with Gasteiger partial charge in [-0.15, -0.1) is 0 Å². The smallest absolute Gasteiger partial charge is 0.354 e. The Kier molecular flexibility index (Phi) is 3.10. The predicted octanol–water partition coefficient (Wildman–Crippen LogP) is 2.77. The van der Waals surface area contributed by atoms with Crippen LogP contribution in [-0.4, -0.2) is 21.0 Å². The molecule has 0 aliphatic rings. The summed E-state index contributed by atoms with van der Waals surface area (Å²) >= 11 is 0. The van der Waals surface area contributed by atoms with Gasteiger partial charge in [-0.25, -0.2) is 14.8 Å². The van der Waals surface area contributed by atoms with E-state index in [-0.39, 0.29) is 5.69 Å². The molecule has 0 fully saturated rings. The molecule has 1 aromatic heterocycles. The van der Waals surface area contributed by atoms with Crippen molar-refractivity contribution < 1.29 is 9.90 Å². The average Bonchev–Trinajstić information content (AvgIpc) is 2.31. The molecule has 0 aliphatic carbocycles. The highest BCUT2D eigenvalue weighted by molar-refractivity contribution is 5.86. The zero-order valence-electron chi connectivity index (χ0n) is 10.6. The van der Waals surface area contributed by atoms with Crippen molar-refractivity contribution >= 4 is 5.97 Å². The third-order valence-electron chi connectivity index (χ3n) is 2.92. The number of aromatic nitrogens is 2. The minimum Gasteiger partial charge on any atom is -0.477 e. The third kappa shape index (κ3) is 2.22. The van der Waals surface area contributed by atoms with Crippen LogP contribution in [0.15, 0.2) is 24.3 Å². The van der Waals surface area contributed by atoms with Crippen molar-refractivity contribution in [2.24, 2.45) is 0 Å². The van der Waals surface area contributed by atoms with Crippen LogP contribution in [0.25, 0.3) is 11.4 Å². The standard InChI is InChI=1S/C14H14N2O2/c1-8-5-4-6-11(10(8)3)13-15-9(2)7-12(16-13)14(17)18/h4-7H,1-3H3,(H,17,18). The molecular weight excluding hydrogens is 228 g/mol. The first kappa shape index (κ1) is 12.2. The molecule has 0 saturated heterocycles. The summed E-state index contributed by atoms with van der Waals surface area (Å²) < 4.78 is 0. The van der Waals surface area contributed by atoms with Crippen LogP contribution in [0.1, 0.15) is 27.3 Å². The minimum absolute atomic E-state index is 0.0263. The number of aryl methyl sites for hydroxylation is 2. The number of carboxylic acids is 1. The molecule has 0 bridgehead atoms. The molecule has 2 aromatic rings. The van der Waals surface area contributed by atoms with Crippen molar-refractivity contribution in [2.75, 3.05) is 0 Å². The van der Waals surface area contributed by atoms with E-state index in [0.717, 1.165) is 16.7 Å². The third-order valence-corrected chi connectivity index (χ3v) is 2.92. The number of aromatic carboxylic acids is 1. The van der Waals surface area contributed by atoms with Crippen LogP contribution in [0.3, 0.4) is 0 Å². The molecule has 0 unspecified atom stereocenters. The Morgan fingerprint density at radius 1 is 1.17 bits per heavy atom. The quantitative estimate of drug-likeness (QED) is 0.879. The van der Waals surface area contributed by atoms with Crippen molar-refractivity contribution in [2.45, 2.75) is 20.8 Å². The normalized spacial score (nSPS) is 10.4. The first-order chi connectivity index (χ1) is 8.49.